The van der Waals surface area contributed by atoms with Crippen LogP contribution >= 0.6 is 11.3 Å². The first kappa shape index (κ1) is 23.0. The van der Waals surface area contributed by atoms with Gasteiger partial charge in [0.2, 0.25) is 0 Å². The number of thiophene rings is 1. The normalized spacial score (nSPS) is 15.0. The van der Waals surface area contributed by atoms with Crippen LogP contribution in [0.5, 0.6) is 0 Å². The second kappa shape index (κ2) is 8.97. The van der Waals surface area contributed by atoms with Crippen LogP contribution in [0.25, 0.3) is 21.7 Å². The zero-order chi connectivity index (χ0) is 23.8. The zero-order valence-corrected chi connectivity index (χ0v) is 20.0. The number of ether oxygens (including phenoxy) is 1. The van der Waals surface area contributed by atoms with Gasteiger partial charge in [-0.05, 0) is 64.1 Å². The topological polar surface area (TPSA) is 104 Å². The van der Waals surface area contributed by atoms with Crippen molar-refractivity contribution >= 4 is 40.2 Å². The molecule has 8 nitrogen and oxygen atoms in total. The molecule has 0 radical (unpaired) electrons. The van der Waals surface area contributed by atoms with Crippen molar-refractivity contribution in [3.8, 4) is 10.7 Å². The number of ketones is 1. The molecule has 0 aliphatic carbocycles. The third-order valence-corrected chi connectivity index (χ3v) is 6.38. The Hall–Kier alpha value is -3.20. The number of carbonyl (C=O) groups is 3. The lowest BCUT2D eigenvalue weighted by Crippen LogP contribution is -2.47. The fourth-order valence-corrected chi connectivity index (χ4v) is 4.56. The number of imidazole rings is 1. The van der Waals surface area contributed by atoms with E-state index in [-0.39, 0.29) is 23.8 Å². The molecular formula is C24H28N4O4S. The number of rotatable bonds is 4. The molecule has 0 bridgehead atoms. The molecule has 0 unspecified atom stereocenters. The quantitative estimate of drug-likeness (QED) is 0.544. The minimum absolute atomic E-state index is 0.0607. The van der Waals surface area contributed by atoms with Crippen LogP contribution in [-0.4, -0.2) is 57.4 Å². The van der Waals surface area contributed by atoms with Gasteiger partial charge in [-0.25, -0.2) is 9.78 Å². The van der Waals surface area contributed by atoms with Crippen LogP contribution in [0, 0.1) is 0 Å². The number of hydrogen-bond donors (Lipinski definition) is 2. The Morgan fingerprint density at radius 2 is 1.85 bits per heavy atom. The van der Waals surface area contributed by atoms with Crippen LogP contribution in [0.4, 0.5) is 4.79 Å². The summed E-state index contributed by atoms with van der Waals surface area (Å²) >= 11 is 1.53. The van der Waals surface area contributed by atoms with E-state index in [1.165, 1.54) is 18.3 Å². The molecule has 2 N–H and O–H groups in total. The molecule has 3 aromatic rings. The molecule has 1 aliphatic rings. The molecular weight excluding hydrogens is 440 g/mol. The minimum Gasteiger partial charge on any atom is -0.444 e. The highest BCUT2D eigenvalue weighted by Gasteiger charge is 2.28. The number of Topliss-reactive ketones (excluding diaryl/α,β-unsaturated/α-hetero) is 1. The van der Waals surface area contributed by atoms with Crippen LogP contribution in [0.1, 0.15) is 61.3 Å². The summed E-state index contributed by atoms with van der Waals surface area (Å²) in [6.45, 7) is 8.06. The highest BCUT2D eigenvalue weighted by atomic mass is 32.1. The number of amides is 2. The number of aromatic nitrogens is 2. The van der Waals surface area contributed by atoms with Crippen molar-refractivity contribution in [1.29, 1.82) is 0 Å². The molecule has 0 spiro atoms. The molecule has 4 rings (SSSR count). The van der Waals surface area contributed by atoms with Crippen molar-refractivity contribution in [2.45, 2.75) is 52.2 Å². The third kappa shape index (κ3) is 5.08. The summed E-state index contributed by atoms with van der Waals surface area (Å²) < 4.78 is 5.44. The van der Waals surface area contributed by atoms with E-state index >= 15 is 0 Å². The Balaban J connectivity index is 1.50. The summed E-state index contributed by atoms with van der Waals surface area (Å²) in [5.74, 6) is 0.298. The second-order valence-corrected chi connectivity index (χ2v) is 10.2. The number of aromatic amines is 1. The molecule has 33 heavy (non-hydrogen) atoms. The number of piperidine rings is 1. The Kier molecular flexibility index (Phi) is 6.25. The van der Waals surface area contributed by atoms with E-state index < -0.39 is 5.60 Å². The summed E-state index contributed by atoms with van der Waals surface area (Å²) in [6.07, 6.45) is 0.952. The molecule has 1 aliphatic heterocycles. The highest BCUT2D eigenvalue weighted by Crippen LogP contribution is 2.28. The smallest absolute Gasteiger partial charge is 0.410 e. The Bertz CT molecular complexity index is 1190. The van der Waals surface area contributed by atoms with Crippen LogP contribution < -0.4 is 5.32 Å². The molecule has 9 heteroatoms. The molecule has 2 amide bonds. The van der Waals surface area contributed by atoms with E-state index in [1.807, 2.05) is 38.3 Å². The number of nitrogens with one attached hydrogen (secondary N) is 2. The largest absolute Gasteiger partial charge is 0.444 e. The first-order valence-electron chi connectivity index (χ1n) is 11.0. The Labute approximate surface area is 196 Å². The van der Waals surface area contributed by atoms with Gasteiger partial charge in [-0.2, -0.15) is 0 Å². The van der Waals surface area contributed by atoms with Gasteiger partial charge in [0.1, 0.15) is 16.9 Å². The van der Waals surface area contributed by atoms with Crippen LogP contribution in [0.15, 0.2) is 29.6 Å². The standard InChI is InChI=1S/C24H28N4O4S/c1-14(29)16-7-8-17(20-19(16)26-21(27-20)18-6-5-13-33-18)22(30)25-15-9-11-28(12-10-15)23(31)32-24(2,3)4/h5-8,13,15H,9-12H2,1-4H3,(H,25,30)(H,26,27). The lowest BCUT2D eigenvalue weighted by molar-refractivity contribution is 0.0199. The number of H-pyrrole nitrogens is 1. The lowest BCUT2D eigenvalue weighted by atomic mass is 10.0. The number of benzene rings is 1. The fourth-order valence-electron chi connectivity index (χ4n) is 3.89. The van der Waals surface area contributed by atoms with Gasteiger partial charge < -0.3 is 19.9 Å². The number of likely N-dealkylation sites (tertiary alicyclic amines) is 1. The summed E-state index contributed by atoms with van der Waals surface area (Å²) in [5, 5.41) is 5.02. The van der Waals surface area contributed by atoms with Crippen LogP contribution in [0.3, 0.4) is 0 Å². The van der Waals surface area contributed by atoms with Crippen molar-refractivity contribution in [2.75, 3.05) is 13.1 Å². The van der Waals surface area contributed by atoms with Crippen LogP contribution in [-0.2, 0) is 4.74 Å². The molecule has 0 saturated carbocycles. The van der Waals surface area contributed by atoms with Crippen molar-refractivity contribution < 1.29 is 19.1 Å². The average molecular weight is 469 g/mol. The van der Waals surface area contributed by atoms with Crippen molar-refractivity contribution in [2.24, 2.45) is 0 Å². The molecule has 2 aromatic heterocycles. The highest BCUT2D eigenvalue weighted by molar-refractivity contribution is 7.13. The number of fused-ring (bicyclic) bond motifs is 1. The molecule has 0 atom stereocenters. The number of nitrogens with zero attached hydrogens (tertiary/aromatic N) is 2. The fraction of sp³-hybridized carbons (Fsp3) is 0.417. The van der Waals surface area contributed by atoms with E-state index in [0.717, 1.165) is 4.88 Å². The second-order valence-electron chi connectivity index (χ2n) is 9.22. The van der Waals surface area contributed by atoms with Crippen LogP contribution in [0.2, 0.25) is 0 Å². The maximum atomic E-state index is 13.2. The van der Waals surface area contributed by atoms with Crippen molar-refractivity contribution in [1.82, 2.24) is 20.2 Å². The van der Waals surface area contributed by atoms with E-state index in [4.69, 9.17) is 4.74 Å². The molecule has 1 saturated heterocycles. The van der Waals surface area contributed by atoms with Gasteiger partial charge in [-0.3, -0.25) is 9.59 Å². The monoisotopic (exact) mass is 468 g/mol. The van der Waals surface area contributed by atoms with Gasteiger partial charge in [-0.1, -0.05) is 6.07 Å². The van der Waals surface area contributed by atoms with E-state index in [0.29, 0.717) is 53.9 Å². The lowest BCUT2D eigenvalue weighted by Gasteiger charge is -2.33. The molecule has 1 fully saturated rings. The van der Waals surface area contributed by atoms with Gasteiger partial charge in [-0.15, -0.1) is 11.3 Å². The van der Waals surface area contributed by atoms with E-state index in [1.54, 1.807) is 17.0 Å². The van der Waals surface area contributed by atoms with Gasteiger partial charge in [0.15, 0.2) is 5.78 Å². The third-order valence-electron chi connectivity index (χ3n) is 5.51. The zero-order valence-electron chi connectivity index (χ0n) is 19.2. The first-order chi connectivity index (χ1) is 15.6. The maximum Gasteiger partial charge on any atom is 0.410 e. The average Bonchev–Trinajstić information content (AvgIpc) is 3.42. The predicted octanol–water partition coefficient (Wildman–Crippen LogP) is 4.62. The van der Waals surface area contributed by atoms with Gasteiger partial charge in [0.25, 0.3) is 5.91 Å². The van der Waals surface area contributed by atoms with Gasteiger partial charge >= 0.3 is 6.09 Å². The summed E-state index contributed by atoms with van der Waals surface area (Å²) in [6, 6.07) is 7.13. The molecule has 174 valence electrons. The molecule has 3 heterocycles. The Morgan fingerprint density at radius 3 is 2.45 bits per heavy atom. The first-order valence-corrected chi connectivity index (χ1v) is 11.9. The summed E-state index contributed by atoms with van der Waals surface area (Å²) in [4.78, 5) is 48.1. The maximum absolute atomic E-state index is 13.2. The van der Waals surface area contributed by atoms with Crippen molar-refractivity contribution in [3.63, 3.8) is 0 Å². The summed E-state index contributed by atoms with van der Waals surface area (Å²) in [5.41, 5.74) is 1.43. The molecule has 1 aromatic carbocycles. The number of hydrogen-bond acceptors (Lipinski definition) is 6. The number of carbonyl (C=O) groups excluding carboxylic acids is 3. The van der Waals surface area contributed by atoms with E-state index in [9.17, 15) is 14.4 Å². The van der Waals surface area contributed by atoms with E-state index in [2.05, 4.69) is 15.3 Å². The van der Waals surface area contributed by atoms with Gasteiger partial charge in [0.05, 0.1) is 16.0 Å². The van der Waals surface area contributed by atoms with Gasteiger partial charge in [0, 0.05) is 24.7 Å². The minimum atomic E-state index is -0.537. The SMILES string of the molecule is CC(=O)c1ccc(C(=O)NC2CCN(C(=O)OC(C)(C)C)CC2)c2nc(-c3cccs3)[nH]c12. The predicted molar refractivity (Wildman–Crippen MR) is 128 cm³/mol. The summed E-state index contributed by atoms with van der Waals surface area (Å²) in [7, 11) is 0. The Morgan fingerprint density at radius 1 is 1.15 bits per heavy atom. The van der Waals surface area contributed by atoms with Crippen molar-refractivity contribution in [3.05, 3.63) is 40.8 Å².